The topological polar surface area (TPSA) is 72.1 Å². The maximum absolute atomic E-state index is 11.8. The second kappa shape index (κ2) is 5.64. The highest BCUT2D eigenvalue weighted by Gasteiger charge is 2.21. The van der Waals surface area contributed by atoms with Crippen LogP contribution in [0.3, 0.4) is 0 Å². The molecule has 0 spiro atoms. The van der Waals surface area contributed by atoms with Crippen LogP contribution in [0.15, 0.2) is 24.3 Å². The Morgan fingerprint density at radius 3 is 2.30 bits per heavy atom. The maximum atomic E-state index is 11.8. The van der Waals surface area contributed by atoms with Crippen LogP contribution >= 0.6 is 23.2 Å². The molecule has 2 aromatic rings. The van der Waals surface area contributed by atoms with Crippen molar-refractivity contribution in [2.45, 2.75) is 13.8 Å². The first-order chi connectivity index (χ1) is 9.38. The fourth-order valence-electron chi connectivity index (χ4n) is 1.79. The number of carbonyl (C=O) groups is 1. The summed E-state index contributed by atoms with van der Waals surface area (Å²) < 4.78 is 0. The van der Waals surface area contributed by atoms with Gasteiger partial charge in [0.05, 0.1) is 10.7 Å². The van der Waals surface area contributed by atoms with Crippen LogP contribution in [0.5, 0.6) is 0 Å². The zero-order valence-electron chi connectivity index (χ0n) is 10.9. The number of carbonyl (C=O) groups excluding carboxylic acids is 1. The molecule has 5 nitrogen and oxygen atoms in total. The fourth-order valence-corrected chi connectivity index (χ4v) is 2.16. The fraction of sp³-hybridized carbons (Fsp3) is 0.154. The molecule has 1 heterocycles. The molecular weight excluding hydrogens is 299 g/mol. The second-order valence-corrected chi connectivity index (χ2v) is 5.06. The van der Waals surface area contributed by atoms with Crippen molar-refractivity contribution in [2.75, 3.05) is 4.90 Å². The molecule has 0 unspecified atom stereocenters. The van der Waals surface area contributed by atoms with Gasteiger partial charge in [0.25, 0.3) is 0 Å². The van der Waals surface area contributed by atoms with E-state index < -0.39 is 6.03 Å². The van der Waals surface area contributed by atoms with Gasteiger partial charge in [-0.05, 0) is 38.1 Å². The summed E-state index contributed by atoms with van der Waals surface area (Å²) in [4.78, 5) is 21.3. The van der Waals surface area contributed by atoms with E-state index in [0.29, 0.717) is 15.7 Å². The van der Waals surface area contributed by atoms with Crippen molar-refractivity contribution in [2.24, 2.45) is 5.73 Å². The molecule has 2 N–H and O–H groups in total. The van der Waals surface area contributed by atoms with Crippen LogP contribution < -0.4 is 10.6 Å². The lowest BCUT2D eigenvalue weighted by atomic mass is 10.3. The Kier molecular flexibility index (Phi) is 4.11. The van der Waals surface area contributed by atoms with Gasteiger partial charge in [0.15, 0.2) is 0 Å². The molecule has 1 aromatic heterocycles. The van der Waals surface area contributed by atoms with E-state index in [1.54, 1.807) is 32.0 Å². The summed E-state index contributed by atoms with van der Waals surface area (Å²) in [6, 6.07) is 5.80. The molecule has 0 fully saturated rings. The third kappa shape index (κ3) is 3.00. The van der Waals surface area contributed by atoms with E-state index in [9.17, 15) is 4.79 Å². The zero-order valence-corrected chi connectivity index (χ0v) is 12.4. The summed E-state index contributed by atoms with van der Waals surface area (Å²) in [6.45, 7) is 3.61. The molecule has 7 heteroatoms. The van der Waals surface area contributed by atoms with E-state index in [0.717, 1.165) is 16.3 Å². The molecule has 0 aliphatic heterocycles. The predicted molar refractivity (Wildman–Crippen MR) is 79.7 cm³/mol. The van der Waals surface area contributed by atoms with Crippen molar-refractivity contribution < 1.29 is 4.79 Å². The summed E-state index contributed by atoms with van der Waals surface area (Å²) in [5, 5.41) is 0.760. The molecule has 0 bridgehead atoms. The molecule has 0 saturated heterocycles. The van der Waals surface area contributed by atoms with E-state index in [2.05, 4.69) is 9.97 Å². The van der Waals surface area contributed by atoms with Crippen molar-refractivity contribution >= 4 is 40.9 Å². The number of hydrogen-bond donors (Lipinski definition) is 1. The molecule has 2 rings (SSSR count). The number of primary amides is 1. The van der Waals surface area contributed by atoms with Crippen LogP contribution in [-0.4, -0.2) is 16.0 Å². The molecule has 0 aliphatic rings. The minimum Gasteiger partial charge on any atom is -0.351 e. The second-order valence-electron chi connectivity index (χ2n) is 4.22. The van der Waals surface area contributed by atoms with Crippen LogP contribution in [0.4, 0.5) is 16.4 Å². The van der Waals surface area contributed by atoms with Crippen molar-refractivity contribution in [3.8, 4) is 0 Å². The average Bonchev–Trinajstić information content (AvgIpc) is 2.32. The number of aryl methyl sites for hydroxylation is 2. The van der Waals surface area contributed by atoms with Gasteiger partial charge in [0.1, 0.15) is 0 Å². The molecule has 0 aliphatic carbocycles. The lowest BCUT2D eigenvalue weighted by Gasteiger charge is -2.20. The average molecular weight is 311 g/mol. The molecule has 0 radical (unpaired) electrons. The predicted octanol–water partition coefficient (Wildman–Crippen LogP) is 3.62. The number of benzene rings is 1. The molecule has 20 heavy (non-hydrogen) atoms. The van der Waals surface area contributed by atoms with Crippen LogP contribution in [-0.2, 0) is 0 Å². The summed E-state index contributed by atoms with van der Waals surface area (Å²) in [5.74, 6) is 0.166. The summed E-state index contributed by atoms with van der Waals surface area (Å²) in [6.07, 6.45) is 0. The summed E-state index contributed by atoms with van der Waals surface area (Å²) in [5.41, 5.74) is 7.21. The van der Waals surface area contributed by atoms with Gasteiger partial charge in [-0.25, -0.2) is 19.7 Å². The molecule has 104 valence electrons. The van der Waals surface area contributed by atoms with E-state index in [4.69, 9.17) is 28.9 Å². The van der Waals surface area contributed by atoms with E-state index in [-0.39, 0.29) is 5.95 Å². The van der Waals surface area contributed by atoms with Crippen molar-refractivity contribution in [1.29, 1.82) is 0 Å². The number of aromatic nitrogens is 2. The van der Waals surface area contributed by atoms with Crippen LogP contribution in [0.1, 0.15) is 11.4 Å². The number of hydrogen-bond acceptors (Lipinski definition) is 3. The highest BCUT2D eigenvalue weighted by molar-refractivity contribution is 6.36. The Bertz CT molecular complexity index is 655. The third-order valence-corrected chi connectivity index (χ3v) is 3.09. The SMILES string of the molecule is Cc1cc(C)nc(N(C(N)=O)c2cc(Cl)ccc2Cl)n1. The highest BCUT2D eigenvalue weighted by Crippen LogP contribution is 2.32. The quantitative estimate of drug-likeness (QED) is 0.920. The minimum atomic E-state index is -0.737. The van der Waals surface area contributed by atoms with Gasteiger partial charge in [-0.3, -0.25) is 0 Å². The van der Waals surface area contributed by atoms with Crippen molar-refractivity contribution in [3.63, 3.8) is 0 Å². The first-order valence-corrected chi connectivity index (χ1v) is 6.51. The number of nitrogens with zero attached hydrogens (tertiary/aromatic N) is 3. The van der Waals surface area contributed by atoms with E-state index >= 15 is 0 Å². The molecule has 2 amide bonds. The molecule has 1 aromatic carbocycles. The van der Waals surface area contributed by atoms with Crippen LogP contribution in [0.2, 0.25) is 10.0 Å². The molecule has 0 saturated carbocycles. The smallest absolute Gasteiger partial charge is 0.326 e. The van der Waals surface area contributed by atoms with Crippen molar-refractivity contribution in [3.05, 3.63) is 45.7 Å². The molecule has 0 atom stereocenters. The van der Waals surface area contributed by atoms with Gasteiger partial charge >= 0.3 is 6.03 Å². The van der Waals surface area contributed by atoms with Gasteiger partial charge in [0, 0.05) is 16.4 Å². The van der Waals surface area contributed by atoms with Crippen molar-refractivity contribution in [1.82, 2.24) is 9.97 Å². The number of anilines is 2. The minimum absolute atomic E-state index is 0.166. The number of amides is 2. The highest BCUT2D eigenvalue weighted by atomic mass is 35.5. The first kappa shape index (κ1) is 14.6. The van der Waals surface area contributed by atoms with E-state index in [1.165, 1.54) is 6.07 Å². The van der Waals surface area contributed by atoms with Crippen LogP contribution in [0, 0.1) is 13.8 Å². The zero-order chi connectivity index (χ0) is 14.9. The Hall–Kier alpha value is -1.85. The first-order valence-electron chi connectivity index (χ1n) is 5.75. The Labute approximate surface area is 126 Å². The molecular formula is C13H12Cl2N4O. The Morgan fingerprint density at radius 1 is 1.15 bits per heavy atom. The lowest BCUT2D eigenvalue weighted by molar-refractivity contribution is 0.256. The Morgan fingerprint density at radius 2 is 1.75 bits per heavy atom. The monoisotopic (exact) mass is 310 g/mol. The number of urea groups is 1. The number of halogens is 2. The van der Waals surface area contributed by atoms with E-state index in [1.807, 2.05) is 0 Å². The maximum Gasteiger partial charge on any atom is 0.326 e. The lowest BCUT2D eigenvalue weighted by Crippen LogP contribution is -2.33. The van der Waals surface area contributed by atoms with Gasteiger partial charge in [0.2, 0.25) is 5.95 Å². The summed E-state index contributed by atoms with van der Waals surface area (Å²) >= 11 is 12.0. The van der Waals surface area contributed by atoms with Gasteiger partial charge < -0.3 is 5.73 Å². The third-order valence-electron chi connectivity index (χ3n) is 2.54. The normalized spacial score (nSPS) is 10.4. The van der Waals surface area contributed by atoms with Gasteiger partial charge in [-0.15, -0.1) is 0 Å². The number of nitrogens with two attached hydrogens (primary N) is 1. The largest absolute Gasteiger partial charge is 0.351 e. The van der Waals surface area contributed by atoms with Gasteiger partial charge in [-0.1, -0.05) is 23.2 Å². The Balaban J connectivity index is 2.62. The summed E-state index contributed by atoms with van der Waals surface area (Å²) in [7, 11) is 0. The van der Waals surface area contributed by atoms with Gasteiger partial charge in [-0.2, -0.15) is 0 Å². The number of rotatable bonds is 2. The standard InChI is InChI=1S/C13H12Cl2N4O/c1-7-5-8(2)18-13(17-7)19(12(16)20)11-6-9(14)3-4-10(11)15/h3-6H,1-2H3,(H2,16,20). The van der Waals surface area contributed by atoms with Crippen LogP contribution in [0.25, 0.3) is 0 Å².